The van der Waals surface area contributed by atoms with Gasteiger partial charge in [-0.05, 0) is 23.8 Å². The minimum absolute atomic E-state index is 0.204. The second-order valence-electron chi connectivity index (χ2n) is 3.64. The third kappa shape index (κ3) is 3.87. The van der Waals surface area contributed by atoms with Crippen LogP contribution in [0.1, 0.15) is 11.3 Å². The van der Waals surface area contributed by atoms with E-state index in [-0.39, 0.29) is 5.82 Å². The van der Waals surface area contributed by atoms with Crippen LogP contribution in [0, 0.1) is 5.82 Å². The molecule has 1 aromatic carbocycles. The van der Waals surface area contributed by atoms with Crippen LogP contribution in [0.15, 0.2) is 33.6 Å². The maximum Gasteiger partial charge on any atom is 0.123 e. The van der Waals surface area contributed by atoms with E-state index >= 15 is 0 Å². The first kappa shape index (κ1) is 12.7. The average molecular weight is 315 g/mol. The zero-order chi connectivity index (χ0) is 12.1. The molecule has 0 spiro atoms. The maximum absolute atomic E-state index is 13.0. The summed E-state index contributed by atoms with van der Waals surface area (Å²) in [6, 6.07) is 4.72. The van der Waals surface area contributed by atoms with Gasteiger partial charge in [-0.15, -0.1) is 11.3 Å². The Hall–Kier alpha value is -0.780. The molecule has 0 unspecified atom stereocenters. The Kier molecular flexibility index (Phi) is 4.65. The topological polar surface area (TPSA) is 24.9 Å². The molecule has 0 aliphatic rings. The molecule has 2 nitrogen and oxygen atoms in total. The molecule has 2 rings (SSSR count). The summed E-state index contributed by atoms with van der Waals surface area (Å²) in [4.78, 5) is 4.20. The van der Waals surface area contributed by atoms with E-state index in [1.165, 1.54) is 6.07 Å². The fraction of sp³-hybridized carbons (Fsp3) is 0.250. The van der Waals surface area contributed by atoms with Gasteiger partial charge in [-0.1, -0.05) is 15.9 Å². The Labute approximate surface area is 112 Å². The molecule has 17 heavy (non-hydrogen) atoms. The lowest BCUT2D eigenvalue weighted by Crippen LogP contribution is -2.17. The van der Waals surface area contributed by atoms with Gasteiger partial charge in [-0.2, -0.15) is 0 Å². The van der Waals surface area contributed by atoms with Crippen LogP contribution >= 0.6 is 27.3 Å². The van der Waals surface area contributed by atoms with Crippen molar-refractivity contribution >= 4 is 27.3 Å². The Morgan fingerprint density at radius 1 is 1.41 bits per heavy atom. The lowest BCUT2D eigenvalue weighted by atomic mass is 10.2. The summed E-state index contributed by atoms with van der Waals surface area (Å²) in [7, 11) is 0. The quantitative estimate of drug-likeness (QED) is 0.856. The van der Waals surface area contributed by atoms with Gasteiger partial charge in [0.05, 0.1) is 11.2 Å². The fourth-order valence-electron chi connectivity index (χ4n) is 1.48. The summed E-state index contributed by atoms with van der Waals surface area (Å²) in [5, 5.41) is 5.32. The molecule has 0 fully saturated rings. The number of halogens is 2. The number of rotatable bonds is 5. The van der Waals surface area contributed by atoms with E-state index in [0.29, 0.717) is 6.54 Å². The van der Waals surface area contributed by atoms with Gasteiger partial charge in [0, 0.05) is 29.4 Å². The summed E-state index contributed by atoms with van der Waals surface area (Å²) < 4.78 is 14.0. The average Bonchev–Trinajstić information content (AvgIpc) is 2.82. The first-order valence-corrected chi connectivity index (χ1v) is 7.01. The van der Waals surface area contributed by atoms with Crippen LogP contribution < -0.4 is 5.32 Å². The summed E-state index contributed by atoms with van der Waals surface area (Å²) in [6.45, 7) is 1.50. The van der Waals surface area contributed by atoms with Crippen molar-refractivity contribution in [3.63, 3.8) is 0 Å². The van der Waals surface area contributed by atoms with E-state index < -0.39 is 0 Å². The van der Waals surface area contributed by atoms with Crippen LogP contribution in [-0.4, -0.2) is 11.5 Å². The minimum atomic E-state index is -0.204. The monoisotopic (exact) mass is 314 g/mol. The Morgan fingerprint density at radius 2 is 2.29 bits per heavy atom. The number of hydrogen-bond acceptors (Lipinski definition) is 3. The van der Waals surface area contributed by atoms with Crippen molar-refractivity contribution < 1.29 is 4.39 Å². The van der Waals surface area contributed by atoms with Crippen LogP contribution in [0.3, 0.4) is 0 Å². The molecular weight excluding hydrogens is 303 g/mol. The molecule has 0 radical (unpaired) electrons. The first-order valence-electron chi connectivity index (χ1n) is 5.27. The van der Waals surface area contributed by atoms with Gasteiger partial charge in [-0.25, -0.2) is 9.37 Å². The van der Waals surface area contributed by atoms with Crippen molar-refractivity contribution in [1.29, 1.82) is 0 Å². The van der Waals surface area contributed by atoms with E-state index in [1.807, 2.05) is 10.9 Å². The van der Waals surface area contributed by atoms with Gasteiger partial charge in [0.25, 0.3) is 0 Å². The van der Waals surface area contributed by atoms with Crippen molar-refractivity contribution in [2.45, 2.75) is 13.0 Å². The third-order valence-electron chi connectivity index (χ3n) is 2.36. The molecule has 0 aliphatic heterocycles. The van der Waals surface area contributed by atoms with Gasteiger partial charge in [0.15, 0.2) is 0 Å². The number of thiazole rings is 1. The summed E-state index contributed by atoms with van der Waals surface area (Å²) >= 11 is 5.01. The van der Waals surface area contributed by atoms with Crippen molar-refractivity contribution in [1.82, 2.24) is 10.3 Å². The highest BCUT2D eigenvalue weighted by Gasteiger charge is 2.01. The van der Waals surface area contributed by atoms with Gasteiger partial charge in [0.2, 0.25) is 0 Å². The zero-order valence-corrected chi connectivity index (χ0v) is 11.5. The standard InChI is InChI=1S/C12H12BrFN2S/c13-12-2-1-10(14)5-9(12)6-15-4-3-11-7-17-8-16-11/h1-2,5,7-8,15H,3-4,6H2. The van der Waals surface area contributed by atoms with Gasteiger partial charge >= 0.3 is 0 Å². The van der Waals surface area contributed by atoms with E-state index in [4.69, 9.17) is 0 Å². The minimum Gasteiger partial charge on any atom is -0.312 e. The Morgan fingerprint density at radius 3 is 3.06 bits per heavy atom. The molecule has 1 heterocycles. The smallest absolute Gasteiger partial charge is 0.123 e. The lowest BCUT2D eigenvalue weighted by molar-refractivity contribution is 0.619. The molecule has 2 aromatic rings. The van der Waals surface area contributed by atoms with Crippen molar-refractivity contribution in [2.24, 2.45) is 0 Å². The molecule has 0 saturated carbocycles. The summed E-state index contributed by atoms with van der Waals surface area (Å²) in [5.74, 6) is -0.204. The predicted octanol–water partition coefficient (Wildman–Crippen LogP) is 3.38. The van der Waals surface area contributed by atoms with E-state index in [1.54, 1.807) is 23.5 Å². The molecule has 0 bridgehead atoms. The molecular formula is C12H12BrFN2S. The van der Waals surface area contributed by atoms with Gasteiger partial charge in [0.1, 0.15) is 5.82 Å². The van der Waals surface area contributed by atoms with Crippen molar-refractivity contribution in [3.05, 3.63) is 50.6 Å². The van der Waals surface area contributed by atoms with Crippen LogP contribution in [0.4, 0.5) is 4.39 Å². The largest absolute Gasteiger partial charge is 0.312 e. The maximum atomic E-state index is 13.0. The third-order valence-corrected chi connectivity index (χ3v) is 3.77. The fourth-order valence-corrected chi connectivity index (χ4v) is 2.46. The molecule has 1 aromatic heterocycles. The van der Waals surface area contributed by atoms with Crippen LogP contribution in [-0.2, 0) is 13.0 Å². The van der Waals surface area contributed by atoms with Crippen molar-refractivity contribution in [2.75, 3.05) is 6.54 Å². The molecule has 0 atom stereocenters. The Balaban J connectivity index is 1.80. The Bertz CT molecular complexity index is 473. The number of aromatic nitrogens is 1. The summed E-state index contributed by atoms with van der Waals surface area (Å²) in [6.07, 6.45) is 0.899. The zero-order valence-electron chi connectivity index (χ0n) is 9.12. The second kappa shape index (κ2) is 6.23. The second-order valence-corrected chi connectivity index (χ2v) is 5.22. The molecule has 0 aliphatic carbocycles. The molecule has 90 valence electrons. The highest BCUT2D eigenvalue weighted by molar-refractivity contribution is 9.10. The van der Waals surface area contributed by atoms with E-state index in [9.17, 15) is 4.39 Å². The first-order chi connectivity index (χ1) is 8.25. The van der Waals surface area contributed by atoms with Crippen molar-refractivity contribution in [3.8, 4) is 0 Å². The highest BCUT2D eigenvalue weighted by atomic mass is 79.9. The van der Waals surface area contributed by atoms with E-state index in [2.05, 4.69) is 26.2 Å². The van der Waals surface area contributed by atoms with E-state index in [0.717, 1.165) is 28.7 Å². The lowest BCUT2D eigenvalue weighted by Gasteiger charge is -2.06. The van der Waals surface area contributed by atoms with Crippen LogP contribution in [0.25, 0.3) is 0 Å². The van der Waals surface area contributed by atoms with Crippen LogP contribution in [0.2, 0.25) is 0 Å². The highest BCUT2D eigenvalue weighted by Crippen LogP contribution is 2.17. The van der Waals surface area contributed by atoms with Gasteiger partial charge < -0.3 is 5.32 Å². The number of benzene rings is 1. The predicted molar refractivity (Wildman–Crippen MR) is 71.6 cm³/mol. The number of nitrogens with zero attached hydrogens (tertiary/aromatic N) is 1. The molecule has 5 heteroatoms. The number of nitrogens with one attached hydrogen (secondary N) is 1. The molecule has 1 N–H and O–H groups in total. The normalized spacial score (nSPS) is 10.7. The molecule has 0 saturated heterocycles. The SMILES string of the molecule is Fc1ccc(Br)c(CNCCc2cscn2)c1. The summed E-state index contributed by atoms with van der Waals surface area (Å²) in [5.41, 5.74) is 3.86. The molecule has 0 amide bonds. The van der Waals surface area contributed by atoms with Crippen LogP contribution in [0.5, 0.6) is 0 Å². The van der Waals surface area contributed by atoms with Gasteiger partial charge in [-0.3, -0.25) is 0 Å². The number of hydrogen-bond donors (Lipinski definition) is 1.